The highest BCUT2D eigenvalue weighted by atomic mass is 16.5. The average molecular weight is 416 g/mol. The van der Waals surface area contributed by atoms with Crippen molar-refractivity contribution in [3.05, 3.63) is 102 Å². The van der Waals surface area contributed by atoms with Crippen molar-refractivity contribution < 1.29 is 19.1 Å². The highest BCUT2D eigenvalue weighted by Crippen LogP contribution is 2.12. The van der Waals surface area contributed by atoms with E-state index >= 15 is 0 Å². The summed E-state index contributed by atoms with van der Waals surface area (Å²) in [4.78, 5) is 39.2. The van der Waals surface area contributed by atoms with Crippen LogP contribution in [0, 0.1) is 0 Å². The number of amides is 2. The molecule has 0 saturated heterocycles. The van der Waals surface area contributed by atoms with E-state index in [1.165, 1.54) is 4.90 Å². The maximum Gasteiger partial charge on any atom is 0.329 e. The van der Waals surface area contributed by atoms with Crippen LogP contribution in [-0.4, -0.2) is 37.5 Å². The Labute approximate surface area is 181 Å². The van der Waals surface area contributed by atoms with Gasteiger partial charge in [0.15, 0.2) is 6.61 Å². The number of hydrogen-bond donors (Lipinski definition) is 1. The maximum absolute atomic E-state index is 12.8. The summed E-state index contributed by atoms with van der Waals surface area (Å²) in [5.41, 5.74) is 2.00. The van der Waals surface area contributed by atoms with Gasteiger partial charge in [-0.25, -0.2) is 4.79 Å². The third kappa shape index (κ3) is 6.27. The lowest BCUT2D eigenvalue weighted by atomic mass is 10.1. The van der Waals surface area contributed by atoms with Crippen molar-refractivity contribution in [2.45, 2.75) is 12.5 Å². The number of rotatable bonds is 8. The van der Waals surface area contributed by atoms with Crippen LogP contribution in [0.25, 0.3) is 0 Å². The molecule has 158 valence electrons. The van der Waals surface area contributed by atoms with E-state index in [4.69, 9.17) is 4.74 Å². The fourth-order valence-electron chi connectivity index (χ4n) is 3.00. The zero-order chi connectivity index (χ0) is 22.1. The summed E-state index contributed by atoms with van der Waals surface area (Å²) in [5.74, 6) is -1.42. The third-order valence-electron chi connectivity index (χ3n) is 4.76. The van der Waals surface area contributed by atoms with Gasteiger partial charge in [-0.15, -0.1) is 0 Å². The summed E-state index contributed by atoms with van der Waals surface area (Å²) in [6.07, 6.45) is 0.251. The molecule has 0 spiro atoms. The normalized spacial score (nSPS) is 11.3. The molecule has 0 fully saturated rings. The molecular formula is C25H24N2O4. The van der Waals surface area contributed by atoms with E-state index in [9.17, 15) is 14.4 Å². The van der Waals surface area contributed by atoms with Crippen LogP contribution in [-0.2, 0) is 20.7 Å². The minimum absolute atomic E-state index is 0.251. The molecule has 0 unspecified atom stereocenters. The average Bonchev–Trinajstić information content (AvgIpc) is 2.83. The topological polar surface area (TPSA) is 75.7 Å². The van der Waals surface area contributed by atoms with Gasteiger partial charge >= 0.3 is 5.97 Å². The number of carbonyl (C=O) groups excluding carboxylic acids is 3. The van der Waals surface area contributed by atoms with Crippen molar-refractivity contribution >= 4 is 23.5 Å². The van der Waals surface area contributed by atoms with Crippen LogP contribution in [0.3, 0.4) is 0 Å². The molecule has 3 aromatic rings. The highest BCUT2D eigenvalue weighted by molar-refractivity contribution is 5.98. The van der Waals surface area contributed by atoms with Crippen LogP contribution in [0.1, 0.15) is 15.9 Å². The van der Waals surface area contributed by atoms with E-state index in [1.807, 2.05) is 48.5 Å². The zero-order valence-electron chi connectivity index (χ0n) is 17.2. The summed E-state index contributed by atoms with van der Waals surface area (Å²) in [6.45, 7) is -0.420. The van der Waals surface area contributed by atoms with E-state index in [-0.39, 0.29) is 18.2 Å². The number of nitrogens with zero attached hydrogens (tertiary/aromatic N) is 1. The summed E-state index contributed by atoms with van der Waals surface area (Å²) < 4.78 is 5.27. The van der Waals surface area contributed by atoms with Crippen LogP contribution in [0.4, 0.5) is 5.69 Å². The summed E-state index contributed by atoms with van der Waals surface area (Å²) in [5, 5.41) is 2.73. The molecule has 0 saturated carbocycles. The molecule has 3 rings (SSSR count). The molecule has 0 aliphatic carbocycles. The van der Waals surface area contributed by atoms with Gasteiger partial charge in [0.25, 0.3) is 11.8 Å². The van der Waals surface area contributed by atoms with Gasteiger partial charge in [0.1, 0.15) is 6.04 Å². The largest absolute Gasteiger partial charge is 0.454 e. The molecule has 0 bridgehead atoms. The minimum atomic E-state index is -0.926. The lowest BCUT2D eigenvalue weighted by Crippen LogP contribution is -2.44. The predicted octanol–water partition coefficient (Wildman–Crippen LogP) is 3.23. The number of carbonyl (C=O) groups is 3. The lowest BCUT2D eigenvalue weighted by molar-refractivity contribution is -0.149. The molecule has 1 atom stereocenters. The number of hydrogen-bond acceptors (Lipinski definition) is 4. The van der Waals surface area contributed by atoms with Crippen molar-refractivity contribution in [2.24, 2.45) is 0 Å². The second-order valence-corrected chi connectivity index (χ2v) is 6.98. The van der Waals surface area contributed by atoms with Crippen molar-refractivity contribution in [1.82, 2.24) is 5.32 Å². The maximum atomic E-state index is 12.8. The molecule has 2 amide bonds. The van der Waals surface area contributed by atoms with Gasteiger partial charge in [-0.05, 0) is 29.8 Å². The van der Waals surface area contributed by atoms with E-state index < -0.39 is 18.6 Å². The van der Waals surface area contributed by atoms with E-state index in [0.717, 1.165) is 5.56 Å². The van der Waals surface area contributed by atoms with Crippen molar-refractivity contribution in [1.29, 1.82) is 0 Å². The molecule has 1 N–H and O–H groups in total. The Balaban J connectivity index is 1.66. The first-order chi connectivity index (χ1) is 15.0. The molecule has 0 aromatic heterocycles. The Morgan fingerprint density at radius 2 is 1.39 bits per heavy atom. The summed E-state index contributed by atoms with van der Waals surface area (Å²) in [7, 11) is 1.62. The van der Waals surface area contributed by atoms with Gasteiger partial charge in [-0.2, -0.15) is 0 Å². The first-order valence-corrected chi connectivity index (χ1v) is 9.92. The summed E-state index contributed by atoms with van der Waals surface area (Å²) >= 11 is 0. The fraction of sp³-hybridized carbons (Fsp3) is 0.160. The van der Waals surface area contributed by atoms with Crippen LogP contribution >= 0.6 is 0 Å². The Morgan fingerprint density at radius 3 is 2.00 bits per heavy atom. The number of anilines is 1. The predicted molar refractivity (Wildman–Crippen MR) is 119 cm³/mol. The molecule has 6 nitrogen and oxygen atoms in total. The third-order valence-corrected chi connectivity index (χ3v) is 4.76. The second kappa shape index (κ2) is 10.7. The molecule has 0 heterocycles. The first-order valence-electron chi connectivity index (χ1n) is 9.92. The van der Waals surface area contributed by atoms with Crippen LogP contribution in [0.5, 0.6) is 0 Å². The van der Waals surface area contributed by atoms with Gasteiger partial charge in [0.2, 0.25) is 0 Å². The molecule has 3 aromatic carbocycles. The Kier molecular flexibility index (Phi) is 7.54. The SMILES string of the molecule is CN(C(=O)COC(=O)[C@H](Cc1ccccc1)NC(=O)c1ccccc1)c1ccccc1. The molecule has 0 aliphatic heterocycles. The zero-order valence-corrected chi connectivity index (χ0v) is 17.2. The van der Waals surface area contributed by atoms with Crippen molar-refractivity contribution in [3.63, 3.8) is 0 Å². The number of benzene rings is 3. The number of esters is 1. The number of likely N-dealkylation sites (N-methyl/N-ethyl adjacent to an activating group) is 1. The number of nitrogens with one attached hydrogen (secondary N) is 1. The molecule has 0 radical (unpaired) electrons. The van der Waals surface area contributed by atoms with E-state index in [0.29, 0.717) is 11.3 Å². The Bertz CT molecular complexity index is 1010. The quantitative estimate of drug-likeness (QED) is 0.572. The van der Waals surface area contributed by atoms with Crippen molar-refractivity contribution in [3.8, 4) is 0 Å². The smallest absolute Gasteiger partial charge is 0.329 e. The van der Waals surface area contributed by atoms with Gasteiger partial charge in [0.05, 0.1) is 0 Å². The summed E-state index contributed by atoms with van der Waals surface area (Å²) in [6, 6.07) is 26.1. The minimum Gasteiger partial charge on any atom is -0.454 e. The first kappa shape index (κ1) is 21.8. The van der Waals surface area contributed by atoms with Crippen molar-refractivity contribution in [2.75, 3.05) is 18.6 Å². The van der Waals surface area contributed by atoms with Crippen LogP contribution in [0.2, 0.25) is 0 Å². The Hall–Kier alpha value is -3.93. The number of para-hydroxylation sites is 1. The van der Waals surface area contributed by atoms with Crippen LogP contribution < -0.4 is 10.2 Å². The lowest BCUT2D eigenvalue weighted by Gasteiger charge is -2.20. The number of ether oxygens (including phenoxy) is 1. The standard InChI is InChI=1S/C25H24N2O4/c1-27(21-15-9-4-10-16-21)23(28)18-31-25(30)22(17-19-11-5-2-6-12-19)26-24(29)20-13-7-3-8-14-20/h2-16,22H,17-18H2,1H3,(H,26,29)/t22-/m0/s1. The second-order valence-electron chi connectivity index (χ2n) is 6.98. The fourth-order valence-corrected chi connectivity index (χ4v) is 3.00. The molecule has 0 aliphatic rings. The monoisotopic (exact) mass is 416 g/mol. The van der Waals surface area contributed by atoms with E-state index in [2.05, 4.69) is 5.32 Å². The Morgan fingerprint density at radius 1 is 0.839 bits per heavy atom. The van der Waals surface area contributed by atoms with Gasteiger partial charge in [-0.3, -0.25) is 9.59 Å². The van der Waals surface area contributed by atoms with Gasteiger partial charge in [-0.1, -0.05) is 66.7 Å². The highest BCUT2D eigenvalue weighted by Gasteiger charge is 2.25. The van der Waals surface area contributed by atoms with Crippen LogP contribution in [0.15, 0.2) is 91.0 Å². The van der Waals surface area contributed by atoms with Gasteiger partial charge in [0, 0.05) is 24.7 Å². The molecular weight excluding hydrogens is 392 g/mol. The molecule has 31 heavy (non-hydrogen) atoms. The van der Waals surface area contributed by atoms with Gasteiger partial charge < -0.3 is 15.0 Å². The van der Waals surface area contributed by atoms with E-state index in [1.54, 1.807) is 49.5 Å². The molecule has 6 heteroatoms.